The summed E-state index contributed by atoms with van der Waals surface area (Å²) in [6.07, 6.45) is 2.32. The average Bonchev–Trinajstić information content (AvgIpc) is 2.62. The van der Waals surface area contributed by atoms with Crippen molar-refractivity contribution in [1.82, 2.24) is 0 Å². The summed E-state index contributed by atoms with van der Waals surface area (Å²) in [6.45, 7) is 1.76. The molecule has 0 amide bonds. The highest BCUT2D eigenvalue weighted by Crippen LogP contribution is 2.24. The normalized spacial score (nSPS) is 18.2. The third-order valence-corrected chi connectivity index (χ3v) is 5.74. The second-order valence-corrected chi connectivity index (χ2v) is 7.68. The maximum atomic E-state index is 13.7. The fourth-order valence-corrected chi connectivity index (χ4v) is 4.12. The second-order valence-electron chi connectivity index (χ2n) is 6.03. The third kappa shape index (κ3) is 4.11. The van der Waals surface area contributed by atoms with Crippen molar-refractivity contribution in [2.75, 3.05) is 29.8 Å². The van der Waals surface area contributed by atoms with Crippen molar-refractivity contribution in [1.29, 1.82) is 0 Å². The van der Waals surface area contributed by atoms with Crippen molar-refractivity contribution >= 4 is 21.4 Å². The summed E-state index contributed by atoms with van der Waals surface area (Å²) in [5, 5.41) is 0. The van der Waals surface area contributed by atoms with E-state index in [9.17, 15) is 12.8 Å². The van der Waals surface area contributed by atoms with E-state index in [1.54, 1.807) is 19.2 Å². The second kappa shape index (κ2) is 7.41. The van der Waals surface area contributed by atoms with Crippen LogP contribution >= 0.6 is 0 Å². The molecule has 7 heteroatoms. The SMILES string of the molecule is COC1CCCN(c2ccc(NS(=O)(=O)c3ccccc3F)cc2)C1. The molecule has 0 aromatic heterocycles. The minimum atomic E-state index is -3.95. The summed E-state index contributed by atoms with van der Waals surface area (Å²) in [5.74, 6) is -0.773. The monoisotopic (exact) mass is 364 g/mol. The summed E-state index contributed by atoms with van der Waals surface area (Å²) < 4.78 is 46.2. The number of hydrogen-bond donors (Lipinski definition) is 1. The van der Waals surface area contributed by atoms with E-state index in [0.29, 0.717) is 5.69 Å². The minimum absolute atomic E-state index is 0.216. The highest BCUT2D eigenvalue weighted by atomic mass is 32.2. The van der Waals surface area contributed by atoms with Crippen LogP contribution in [0.4, 0.5) is 15.8 Å². The Kier molecular flexibility index (Phi) is 5.24. The van der Waals surface area contributed by atoms with Gasteiger partial charge in [0, 0.05) is 31.6 Å². The van der Waals surface area contributed by atoms with E-state index in [-0.39, 0.29) is 11.0 Å². The molecule has 0 aliphatic carbocycles. The molecular weight excluding hydrogens is 343 g/mol. The molecule has 1 heterocycles. The Labute approximate surface area is 147 Å². The van der Waals surface area contributed by atoms with Crippen LogP contribution in [0.25, 0.3) is 0 Å². The summed E-state index contributed by atoms with van der Waals surface area (Å²) in [5.41, 5.74) is 1.41. The fourth-order valence-electron chi connectivity index (χ4n) is 2.98. The van der Waals surface area contributed by atoms with Crippen LogP contribution in [0.2, 0.25) is 0 Å². The van der Waals surface area contributed by atoms with Gasteiger partial charge >= 0.3 is 0 Å². The topological polar surface area (TPSA) is 58.6 Å². The van der Waals surface area contributed by atoms with Crippen molar-refractivity contribution < 1.29 is 17.5 Å². The van der Waals surface area contributed by atoms with Crippen LogP contribution < -0.4 is 9.62 Å². The van der Waals surface area contributed by atoms with Gasteiger partial charge in [-0.05, 0) is 49.2 Å². The van der Waals surface area contributed by atoms with E-state index in [1.807, 2.05) is 12.1 Å². The van der Waals surface area contributed by atoms with Crippen LogP contribution in [0.1, 0.15) is 12.8 Å². The number of rotatable bonds is 5. The number of halogens is 1. The molecule has 1 N–H and O–H groups in total. The van der Waals surface area contributed by atoms with E-state index < -0.39 is 15.8 Å². The molecule has 1 aliphatic heterocycles. The number of benzene rings is 2. The lowest BCUT2D eigenvalue weighted by Crippen LogP contribution is -2.39. The molecule has 0 radical (unpaired) electrons. The average molecular weight is 364 g/mol. The zero-order valence-electron chi connectivity index (χ0n) is 14.0. The Morgan fingerprint density at radius 3 is 2.56 bits per heavy atom. The number of nitrogens with zero attached hydrogens (tertiary/aromatic N) is 1. The maximum Gasteiger partial charge on any atom is 0.264 e. The van der Waals surface area contributed by atoms with Gasteiger partial charge in [-0.25, -0.2) is 12.8 Å². The zero-order chi connectivity index (χ0) is 17.9. The number of piperidine rings is 1. The molecule has 25 heavy (non-hydrogen) atoms. The molecular formula is C18H21FN2O3S. The standard InChI is InChI=1S/C18H21FN2O3S/c1-24-16-5-4-12-21(13-16)15-10-8-14(9-11-15)20-25(22,23)18-7-3-2-6-17(18)19/h2-3,6-11,16,20H,4-5,12-13H2,1H3. The Morgan fingerprint density at radius 1 is 1.16 bits per heavy atom. The molecule has 1 saturated heterocycles. The maximum absolute atomic E-state index is 13.7. The third-order valence-electron chi connectivity index (χ3n) is 4.32. The van der Waals surface area contributed by atoms with E-state index in [1.165, 1.54) is 18.2 Å². The van der Waals surface area contributed by atoms with Crippen molar-refractivity contribution in [2.24, 2.45) is 0 Å². The van der Waals surface area contributed by atoms with Crippen LogP contribution in [-0.4, -0.2) is 34.7 Å². The van der Waals surface area contributed by atoms with Crippen LogP contribution in [-0.2, 0) is 14.8 Å². The molecule has 1 aliphatic rings. The van der Waals surface area contributed by atoms with E-state index in [4.69, 9.17) is 4.74 Å². The number of methoxy groups -OCH3 is 1. The minimum Gasteiger partial charge on any atom is -0.380 e. The quantitative estimate of drug-likeness (QED) is 0.885. The number of ether oxygens (including phenoxy) is 1. The van der Waals surface area contributed by atoms with Crippen LogP contribution in [0.15, 0.2) is 53.4 Å². The number of sulfonamides is 1. The van der Waals surface area contributed by atoms with Gasteiger partial charge in [0.15, 0.2) is 0 Å². The van der Waals surface area contributed by atoms with Gasteiger partial charge in [0.2, 0.25) is 0 Å². The van der Waals surface area contributed by atoms with Gasteiger partial charge < -0.3 is 9.64 Å². The molecule has 2 aromatic rings. The van der Waals surface area contributed by atoms with Gasteiger partial charge in [0.25, 0.3) is 10.0 Å². The molecule has 0 spiro atoms. The molecule has 1 unspecified atom stereocenters. The number of hydrogen-bond acceptors (Lipinski definition) is 4. The first kappa shape index (κ1) is 17.7. The van der Waals surface area contributed by atoms with Crippen LogP contribution in [0.5, 0.6) is 0 Å². The van der Waals surface area contributed by atoms with E-state index in [2.05, 4.69) is 9.62 Å². The summed E-state index contributed by atoms with van der Waals surface area (Å²) in [6, 6.07) is 12.4. The zero-order valence-corrected chi connectivity index (χ0v) is 14.8. The number of anilines is 2. The Balaban J connectivity index is 1.74. The van der Waals surface area contributed by atoms with Gasteiger partial charge in [-0.3, -0.25) is 4.72 Å². The molecule has 3 rings (SSSR count). The predicted octanol–water partition coefficient (Wildman–Crippen LogP) is 3.24. The van der Waals surface area contributed by atoms with Crippen molar-refractivity contribution in [3.8, 4) is 0 Å². The largest absolute Gasteiger partial charge is 0.380 e. The molecule has 134 valence electrons. The van der Waals surface area contributed by atoms with Crippen LogP contribution in [0, 0.1) is 5.82 Å². The summed E-state index contributed by atoms with van der Waals surface area (Å²) in [7, 11) is -2.24. The van der Waals surface area contributed by atoms with E-state index >= 15 is 0 Å². The summed E-state index contributed by atoms with van der Waals surface area (Å²) in [4.78, 5) is 1.85. The van der Waals surface area contributed by atoms with Gasteiger partial charge in [0.05, 0.1) is 6.10 Å². The molecule has 0 bridgehead atoms. The first-order chi connectivity index (χ1) is 12.0. The fraction of sp³-hybridized carbons (Fsp3) is 0.333. The molecule has 5 nitrogen and oxygen atoms in total. The highest BCUT2D eigenvalue weighted by molar-refractivity contribution is 7.92. The molecule has 0 saturated carbocycles. The molecule has 1 atom stereocenters. The van der Waals surface area contributed by atoms with Crippen molar-refractivity contribution in [3.05, 3.63) is 54.3 Å². The molecule has 1 fully saturated rings. The Hall–Kier alpha value is -2.12. The van der Waals surface area contributed by atoms with Crippen molar-refractivity contribution in [2.45, 2.75) is 23.8 Å². The lowest BCUT2D eigenvalue weighted by molar-refractivity contribution is 0.0893. The lowest BCUT2D eigenvalue weighted by atomic mass is 10.1. The van der Waals surface area contributed by atoms with Gasteiger partial charge in [-0.1, -0.05) is 12.1 Å². The van der Waals surface area contributed by atoms with Gasteiger partial charge in [-0.15, -0.1) is 0 Å². The van der Waals surface area contributed by atoms with Gasteiger partial charge in [0.1, 0.15) is 10.7 Å². The van der Waals surface area contributed by atoms with Crippen molar-refractivity contribution in [3.63, 3.8) is 0 Å². The predicted molar refractivity (Wildman–Crippen MR) is 95.9 cm³/mol. The Bertz CT molecular complexity index is 824. The first-order valence-electron chi connectivity index (χ1n) is 8.15. The summed E-state index contributed by atoms with van der Waals surface area (Å²) >= 11 is 0. The number of nitrogens with one attached hydrogen (secondary N) is 1. The highest BCUT2D eigenvalue weighted by Gasteiger charge is 2.21. The first-order valence-corrected chi connectivity index (χ1v) is 9.63. The molecule has 2 aromatic carbocycles. The van der Waals surface area contributed by atoms with E-state index in [0.717, 1.165) is 37.7 Å². The Morgan fingerprint density at radius 2 is 1.88 bits per heavy atom. The lowest BCUT2D eigenvalue weighted by Gasteiger charge is -2.33. The van der Waals surface area contributed by atoms with Gasteiger partial charge in [-0.2, -0.15) is 0 Å². The smallest absolute Gasteiger partial charge is 0.264 e. The van der Waals surface area contributed by atoms with Crippen LogP contribution in [0.3, 0.4) is 0 Å².